The monoisotopic (exact) mass is 495 g/mol. The lowest BCUT2D eigenvalue weighted by molar-refractivity contribution is 0.0701. The molecule has 1 atom stereocenters. The second-order valence-corrected chi connectivity index (χ2v) is 8.50. The fourth-order valence-corrected chi connectivity index (χ4v) is 4.58. The molecule has 32 heavy (non-hydrogen) atoms. The summed E-state index contributed by atoms with van der Waals surface area (Å²) in [5.41, 5.74) is 1.83. The molecular formula is C24H18BrNO6. The number of benzene rings is 2. The molecule has 1 N–H and O–H groups in total. The number of aromatic hydroxyl groups is 1. The molecule has 0 aliphatic carbocycles. The number of carbonyl (C=O) groups excluding carboxylic acids is 1. The van der Waals surface area contributed by atoms with Crippen LogP contribution in [-0.2, 0) is 6.54 Å². The number of nitrogens with zero attached hydrogens (tertiary/aromatic N) is 1. The number of amides is 1. The van der Waals surface area contributed by atoms with Gasteiger partial charge in [-0.05, 0) is 64.8 Å². The Balaban J connectivity index is 1.78. The molecule has 0 spiro atoms. The zero-order valence-corrected chi connectivity index (χ0v) is 18.8. The Kier molecular flexibility index (Phi) is 4.82. The minimum absolute atomic E-state index is 0.00562. The van der Waals surface area contributed by atoms with E-state index in [1.807, 2.05) is 13.0 Å². The minimum atomic E-state index is -0.755. The molecule has 0 saturated carbocycles. The highest BCUT2D eigenvalue weighted by molar-refractivity contribution is 9.10. The van der Waals surface area contributed by atoms with Crippen molar-refractivity contribution in [2.45, 2.75) is 19.5 Å². The number of fused-ring (bicyclic) bond motifs is 2. The third-order valence-corrected chi connectivity index (χ3v) is 6.22. The first kappa shape index (κ1) is 20.4. The van der Waals surface area contributed by atoms with Gasteiger partial charge >= 0.3 is 0 Å². The van der Waals surface area contributed by atoms with Gasteiger partial charge in [-0.2, -0.15) is 0 Å². The van der Waals surface area contributed by atoms with Crippen LogP contribution in [-0.4, -0.2) is 23.0 Å². The number of phenols is 1. The van der Waals surface area contributed by atoms with Gasteiger partial charge in [-0.25, -0.2) is 0 Å². The van der Waals surface area contributed by atoms with Crippen LogP contribution in [0.4, 0.5) is 0 Å². The standard InChI is InChI=1S/C24H18BrNO6/c1-12-5-6-17-15(8-12)21(27)19-20(13-9-16(25)22(28)18(10-13)30-2)26(24(29)23(19)32-17)11-14-4-3-7-31-14/h3-10,20,28H,11H2,1-2H3/t20-/m1/s1. The van der Waals surface area contributed by atoms with Gasteiger partial charge in [0.15, 0.2) is 16.9 Å². The van der Waals surface area contributed by atoms with Crippen molar-refractivity contribution in [3.63, 3.8) is 0 Å². The Morgan fingerprint density at radius 3 is 2.72 bits per heavy atom. The van der Waals surface area contributed by atoms with Crippen LogP contribution >= 0.6 is 15.9 Å². The molecule has 8 heteroatoms. The van der Waals surface area contributed by atoms with E-state index in [4.69, 9.17) is 13.6 Å². The molecule has 0 fully saturated rings. The Morgan fingerprint density at radius 1 is 1.19 bits per heavy atom. The van der Waals surface area contributed by atoms with Crippen LogP contribution in [0.5, 0.6) is 11.5 Å². The molecule has 3 heterocycles. The van der Waals surface area contributed by atoms with E-state index in [1.54, 1.807) is 36.4 Å². The number of hydrogen-bond acceptors (Lipinski definition) is 6. The van der Waals surface area contributed by atoms with Gasteiger partial charge in [-0.1, -0.05) is 11.6 Å². The van der Waals surface area contributed by atoms with Crippen molar-refractivity contribution in [2.75, 3.05) is 7.11 Å². The minimum Gasteiger partial charge on any atom is -0.503 e. The Bertz CT molecular complexity index is 1420. The molecule has 0 saturated heterocycles. The van der Waals surface area contributed by atoms with Gasteiger partial charge in [-0.3, -0.25) is 9.59 Å². The molecule has 0 unspecified atom stereocenters. The average Bonchev–Trinajstić information content (AvgIpc) is 3.38. The van der Waals surface area contributed by atoms with Gasteiger partial charge in [0.1, 0.15) is 11.3 Å². The zero-order valence-electron chi connectivity index (χ0n) is 17.2. The van der Waals surface area contributed by atoms with Crippen LogP contribution in [0.3, 0.4) is 0 Å². The van der Waals surface area contributed by atoms with E-state index in [0.29, 0.717) is 26.8 Å². The molecule has 1 aliphatic rings. The van der Waals surface area contributed by atoms with E-state index in [2.05, 4.69) is 15.9 Å². The molecule has 162 valence electrons. The number of aryl methyl sites for hydroxylation is 1. The number of phenolic OH excluding ortho intramolecular Hbond substituents is 1. The zero-order chi connectivity index (χ0) is 22.6. The molecular weight excluding hydrogens is 478 g/mol. The summed E-state index contributed by atoms with van der Waals surface area (Å²) in [5.74, 6) is 0.304. The normalized spacial score (nSPS) is 15.4. The van der Waals surface area contributed by atoms with E-state index in [9.17, 15) is 14.7 Å². The third kappa shape index (κ3) is 3.10. The molecule has 5 rings (SSSR count). The highest BCUT2D eigenvalue weighted by atomic mass is 79.9. The summed E-state index contributed by atoms with van der Waals surface area (Å²) in [6.07, 6.45) is 1.53. The summed E-state index contributed by atoms with van der Waals surface area (Å²) < 4.78 is 17.1. The maximum atomic E-state index is 13.6. The van der Waals surface area contributed by atoms with Gasteiger partial charge in [-0.15, -0.1) is 0 Å². The number of methoxy groups -OCH3 is 1. The molecule has 2 aromatic heterocycles. The van der Waals surface area contributed by atoms with Crippen LogP contribution in [0.15, 0.2) is 66.8 Å². The first-order valence-corrected chi connectivity index (χ1v) is 10.7. The Morgan fingerprint density at radius 2 is 2.00 bits per heavy atom. The molecule has 0 bridgehead atoms. The van der Waals surface area contributed by atoms with Crippen LogP contribution in [0, 0.1) is 6.92 Å². The molecule has 1 aliphatic heterocycles. The second kappa shape index (κ2) is 7.56. The molecule has 2 aromatic carbocycles. The lowest BCUT2D eigenvalue weighted by Crippen LogP contribution is -2.29. The summed E-state index contributed by atoms with van der Waals surface area (Å²) in [7, 11) is 1.43. The van der Waals surface area contributed by atoms with Crippen molar-refractivity contribution in [1.82, 2.24) is 4.90 Å². The third-order valence-electron chi connectivity index (χ3n) is 5.61. The van der Waals surface area contributed by atoms with Gasteiger partial charge < -0.3 is 23.6 Å². The summed E-state index contributed by atoms with van der Waals surface area (Å²) >= 11 is 3.33. The largest absolute Gasteiger partial charge is 0.503 e. The van der Waals surface area contributed by atoms with Crippen molar-refractivity contribution >= 4 is 32.8 Å². The highest BCUT2D eigenvalue weighted by Crippen LogP contribution is 2.44. The summed E-state index contributed by atoms with van der Waals surface area (Å²) in [6, 6.07) is 11.3. The number of carbonyl (C=O) groups is 1. The van der Waals surface area contributed by atoms with E-state index < -0.39 is 11.9 Å². The van der Waals surface area contributed by atoms with Crippen molar-refractivity contribution in [1.29, 1.82) is 0 Å². The van der Waals surface area contributed by atoms with Crippen LogP contribution < -0.4 is 10.2 Å². The smallest absolute Gasteiger partial charge is 0.291 e. The Hall–Kier alpha value is -3.52. The first-order chi connectivity index (χ1) is 15.4. The lowest BCUT2D eigenvalue weighted by Gasteiger charge is -2.25. The van der Waals surface area contributed by atoms with E-state index in [-0.39, 0.29) is 34.8 Å². The fraction of sp³-hybridized carbons (Fsp3) is 0.167. The fourth-order valence-electron chi connectivity index (χ4n) is 4.12. The van der Waals surface area contributed by atoms with Crippen molar-refractivity contribution in [2.24, 2.45) is 0 Å². The van der Waals surface area contributed by atoms with E-state index in [0.717, 1.165) is 5.56 Å². The van der Waals surface area contributed by atoms with Gasteiger partial charge in [0.25, 0.3) is 5.91 Å². The first-order valence-electron chi connectivity index (χ1n) is 9.86. The van der Waals surface area contributed by atoms with Crippen molar-refractivity contribution in [3.05, 3.63) is 91.6 Å². The lowest BCUT2D eigenvalue weighted by atomic mass is 9.97. The summed E-state index contributed by atoms with van der Waals surface area (Å²) in [4.78, 5) is 28.6. The number of halogens is 1. The van der Waals surface area contributed by atoms with Crippen molar-refractivity contribution < 1.29 is 23.5 Å². The van der Waals surface area contributed by atoms with Crippen LogP contribution in [0.2, 0.25) is 0 Å². The molecule has 7 nitrogen and oxygen atoms in total. The maximum absolute atomic E-state index is 13.6. The number of furan rings is 1. The van der Waals surface area contributed by atoms with Gasteiger partial charge in [0.2, 0.25) is 5.76 Å². The number of hydrogen-bond donors (Lipinski definition) is 1. The highest BCUT2D eigenvalue weighted by Gasteiger charge is 2.43. The summed E-state index contributed by atoms with van der Waals surface area (Å²) in [5, 5.41) is 10.7. The maximum Gasteiger partial charge on any atom is 0.291 e. The average molecular weight is 496 g/mol. The number of ether oxygens (including phenoxy) is 1. The topological polar surface area (TPSA) is 93.1 Å². The van der Waals surface area contributed by atoms with E-state index >= 15 is 0 Å². The number of rotatable bonds is 4. The van der Waals surface area contributed by atoms with Crippen LogP contribution in [0.25, 0.3) is 11.0 Å². The van der Waals surface area contributed by atoms with Gasteiger partial charge in [0, 0.05) is 0 Å². The van der Waals surface area contributed by atoms with E-state index in [1.165, 1.54) is 18.3 Å². The van der Waals surface area contributed by atoms with Crippen molar-refractivity contribution in [3.8, 4) is 11.5 Å². The molecule has 1 amide bonds. The SMILES string of the molecule is COc1cc([C@@H]2c3c(oc4ccc(C)cc4c3=O)C(=O)N2Cc2ccco2)cc(Br)c1O. The van der Waals surface area contributed by atoms with Gasteiger partial charge in [0.05, 0.1) is 41.4 Å². The summed E-state index contributed by atoms with van der Waals surface area (Å²) in [6.45, 7) is 2.02. The quantitative estimate of drug-likeness (QED) is 0.432. The second-order valence-electron chi connectivity index (χ2n) is 7.64. The van der Waals surface area contributed by atoms with Crippen LogP contribution in [0.1, 0.15) is 39.0 Å². The molecule has 0 radical (unpaired) electrons. The Labute approximate surface area is 191 Å². The molecule has 4 aromatic rings. The predicted octanol–water partition coefficient (Wildman–Crippen LogP) is 4.92. The predicted molar refractivity (Wildman–Crippen MR) is 120 cm³/mol.